The van der Waals surface area contributed by atoms with E-state index < -0.39 is 0 Å². The zero-order chi connectivity index (χ0) is 14.1. The Hall–Kier alpha value is -1.59. The molecule has 2 aromatic rings. The maximum absolute atomic E-state index is 12.2. The summed E-state index contributed by atoms with van der Waals surface area (Å²) in [4.78, 5) is 16.2. The quantitative estimate of drug-likeness (QED) is 0.838. The van der Waals surface area contributed by atoms with Crippen LogP contribution in [0, 0.1) is 0 Å². The lowest BCUT2D eigenvalue weighted by atomic mass is 10.1. The molecule has 0 saturated carbocycles. The van der Waals surface area contributed by atoms with Gasteiger partial charge < -0.3 is 10.1 Å². The van der Waals surface area contributed by atoms with E-state index in [0.29, 0.717) is 17.9 Å². The molecule has 1 aromatic heterocycles. The highest BCUT2D eigenvalue weighted by molar-refractivity contribution is 9.10. The molecule has 0 unspecified atom stereocenters. The van der Waals surface area contributed by atoms with Gasteiger partial charge in [0.25, 0.3) is 5.91 Å². The number of nitrogens with zero attached hydrogens (tertiary/aromatic N) is 1. The van der Waals surface area contributed by atoms with Crippen molar-refractivity contribution in [2.45, 2.75) is 6.42 Å². The van der Waals surface area contributed by atoms with Gasteiger partial charge in [0.15, 0.2) is 5.15 Å². The van der Waals surface area contributed by atoms with E-state index in [-0.39, 0.29) is 11.1 Å². The van der Waals surface area contributed by atoms with E-state index in [1.807, 2.05) is 12.1 Å². The zero-order valence-electron chi connectivity index (χ0n) is 10.3. The van der Waals surface area contributed by atoms with Gasteiger partial charge in [0, 0.05) is 22.7 Å². The maximum atomic E-state index is 12.2. The number of anilines is 1. The molecular weight excluding hydrogens is 344 g/mol. The van der Waals surface area contributed by atoms with Gasteiger partial charge in [0.05, 0.1) is 12.3 Å². The summed E-state index contributed by atoms with van der Waals surface area (Å²) in [5.41, 5.74) is 2.10. The van der Waals surface area contributed by atoms with Crippen molar-refractivity contribution < 1.29 is 9.53 Å². The van der Waals surface area contributed by atoms with Crippen LogP contribution in [0.25, 0.3) is 0 Å². The van der Waals surface area contributed by atoms with Crippen molar-refractivity contribution in [2.75, 3.05) is 11.9 Å². The minimum atomic E-state index is -0.221. The first-order valence-electron chi connectivity index (χ1n) is 6.01. The molecule has 1 N–H and O–H groups in total. The Kier molecular flexibility index (Phi) is 3.63. The molecule has 2 heterocycles. The molecule has 4 nitrogen and oxygen atoms in total. The average Bonchev–Trinajstić information content (AvgIpc) is 2.90. The minimum Gasteiger partial charge on any atom is -0.493 e. The summed E-state index contributed by atoms with van der Waals surface area (Å²) in [5.74, 6) is 0.630. The molecular formula is C14H10BrClN2O2. The third-order valence-corrected chi connectivity index (χ3v) is 3.74. The second-order valence-electron chi connectivity index (χ2n) is 4.37. The van der Waals surface area contributed by atoms with Crippen molar-refractivity contribution in [1.82, 2.24) is 4.98 Å². The number of fused-ring (bicyclic) bond motifs is 1. The van der Waals surface area contributed by atoms with E-state index in [0.717, 1.165) is 22.2 Å². The van der Waals surface area contributed by atoms with E-state index in [9.17, 15) is 4.79 Å². The van der Waals surface area contributed by atoms with Crippen molar-refractivity contribution in [3.63, 3.8) is 0 Å². The van der Waals surface area contributed by atoms with Crippen molar-refractivity contribution in [1.29, 1.82) is 0 Å². The van der Waals surface area contributed by atoms with Crippen LogP contribution in [-0.2, 0) is 6.42 Å². The van der Waals surface area contributed by atoms with Gasteiger partial charge in [-0.25, -0.2) is 4.98 Å². The smallest absolute Gasteiger partial charge is 0.255 e. The van der Waals surface area contributed by atoms with Gasteiger partial charge in [-0.1, -0.05) is 11.6 Å². The van der Waals surface area contributed by atoms with Crippen LogP contribution in [0.2, 0.25) is 5.15 Å². The number of ether oxygens (including phenoxy) is 1. The summed E-state index contributed by atoms with van der Waals surface area (Å²) in [7, 11) is 0. The number of hydrogen-bond donors (Lipinski definition) is 1. The van der Waals surface area contributed by atoms with Gasteiger partial charge in [-0.05, 0) is 45.8 Å². The summed E-state index contributed by atoms with van der Waals surface area (Å²) >= 11 is 9.25. The topological polar surface area (TPSA) is 51.2 Å². The molecule has 1 aliphatic rings. The van der Waals surface area contributed by atoms with Crippen molar-refractivity contribution in [3.05, 3.63) is 51.2 Å². The molecule has 0 fully saturated rings. The van der Waals surface area contributed by atoms with Crippen LogP contribution < -0.4 is 10.1 Å². The van der Waals surface area contributed by atoms with E-state index >= 15 is 0 Å². The number of carbonyl (C=O) groups is 1. The van der Waals surface area contributed by atoms with Gasteiger partial charge in [0.2, 0.25) is 0 Å². The summed E-state index contributed by atoms with van der Waals surface area (Å²) in [6, 6.07) is 7.11. The fourth-order valence-corrected chi connectivity index (χ4v) is 2.51. The van der Waals surface area contributed by atoms with Crippen LogP contribution in [-0.4, -0.2) is 17.5 Å². The highest BCUT2D eigenvalue weighted by Gasteiger charge is 2.16. The van der Waals surface area contributed by atoms with Gasteiger partial charge in [-0.3, -0.25) is 4.79 Å². The normalized spacial score (nSPS) is 12.7. The molecule has 1 amide bonds. The van der Waals surface area contributed by atoms with Gasteiger partial charge in [-0.15, -0.1) is 0 Å². The van der Waals surface area contributed by atoms with Crippen LogP contribution in [0.1, 0.15) is 15.9 Å². The lowest BCUT2D eigenvalue weighted by molar-refractivity contribution is 0.102. The number of halogens is 2. The first-order chi connectivity index (χ1) is 9.63. The van der Waals surface area contributed by atoms with Gasteiger partial charge in [0.1, 0.15) is 5.75 Å². The number of benzene rings is 1. The highest BCUT2D eigenvalue weighted by Crippen LogP contribution is 2.27. The third kappa shape index (κ3) is 2.64. The molecule has 6 heteroatoms. The Morgan fingerprint density at radius 3 is 3.10 bits per heavy atom. The van der Waals surface area contributed by atoms with Crippen molar-refractivity contribution >= 4 is 39.1 Å². The van der Waals surface area contributed by atoms with Gasteiger partial charge >= 0.3 is 0 Å². The number of carbonyl (C=O) groups excluding carboxylic acids is 1. The Bertz CT molecular complexity index is 691. The lowest BCUT2D eigenvalue weighted by Gasteiger charge is -2.08. The van der Waals surface area contributed by atoms with Crippen molar-refractivity contribution in [3.8, 4) is 5.75 Å². The average molecular weight is 354 g/mol. The number of hydrogen-bond acceptors (Lipinski definition) is 3. The maximum Gasteiger partial charge on any atom is 0.255 e. The Balaban J connectivity index is 1.84. The first-order valence-corrected chi connectivity index (χ1v) is 7.19. The summed E-state index contributed by atoms with van der Waals surface area (Å²) < 4.78 is 6.17. The van der Waals surface area contributed by atoms with Crippen LogP contribution in [0.5, 0.6) is 5.75 Å². The molecule has 102 valence electrons. The predicted molar refractivity (Wildman–Crippen MR) is 80.5 cm³/mol. The largest absolute Gasteiger partial charge is 0.493 e. The molecule has 0 bridgehead atoms. The number of nitrogens with one attached hydrogen (secondary N) is 1. The number of pyridine rings is 1. The van der Waals surface area contributed by atoms with Crippen LogP contribution in [0.15, 0.2) is 34.9 Å². The molecule has 3 rings (SSSR count). The molecule has 0 atom stereocenters. The van der Waals surface area contributed by atoms with E-state index in [2.05, 4.69) is 26.2 Å². The molecule has 1 aliphatic heterocycles. The number of aromatic nitrogens is 1. The number of rotatable bonds is 2. The Morgan fingerprint density at radius 2 is 2.25 bits per heavy atom. The van der Waals surface area contributed by atoms with Crippen molar-refractivity contribution in [2.24, 2.45) is 0 Å². The van der Waals surface area contributed by atoms with Crippen LogP contribution >= 0.6 is 27.5 Å². The van der Waals surface area contributed by atoms with Crippen LogP contribution in [0.4, 0.5) is 5.69 Å². The molecule has 0 spiro atoms. The summed E-state index contributed by atoms with van der Waals surface area (Å²) in [6.07, 6.45) is 2.40. The summed E-state index contributed by atoms with van der Waals surface area (Å²) in [5, 5.41) is 3.01. The molecule has 0 aliphatic carbocycles. The van der Waals surface area contributed by atoms with Gasteiger partial charge in [-0.2, -0.15) is 0 Å². The number of amides is 1. The second kappa shape index (κ2) is 5.42. The molecule has 0 saturated heterocycles. The van der Waals surface area contributed by atoms with Crippen LogP contribution in [0.3, 0.4) is 0 Å². The summed E-state index contributed by atoms with van der Waals surface area (Å²) in [6.45, 7) is 0.668. The SMILES string of the molecule is O=C(Nc1cc(Br)cnc1Cl)c1ccc2c(c1)CCO2. The lowest BCUT2D eigenvalue weighted by Crippen LogP contribution is -2.12. The zero-order valence-corrected chi connectivity index (χ0v) is 12.7. The molecule has 20 heavy (non-hydrogen) atoms. The van der Waals surface area contributed by atoms with E-state index in [1.165, 1.54) is 0 Å². The third-order valence-electron chi connectivity index (χ3n) is 3.01. The highest BCUT2D eigenvalue weighted by atomic mass is 79.9. The van der Waals surface area contributed by atoms with E-state index in [1.54, 1.807) is 18.3 Å². The predicted octanol–water partition coefficient (Wildman–Crippen LogP) is 3.68. The Morgan fingerprint density at radius 1 is 1.40 bits per heavy atom. The second-order valence-corrected chi connectivity index (χ2v) is 5.64. The molecule has 0 radical (unpaired) electrons. The standard InChI is InChI=1S/C14H10BrClN2O2/c15-10-6-11(13(16)17-7-10)18-14(19)9-1-2-12-8(5-9)3-4-20-12/h1-2,5-7H,3-4H2,(H,18,19). The monoisotopic (exact) mass is 352 g/mol. The fourth-order valence-electron chi connectivity index (χ4n) is 2.03. The first kappa shape index (κ1) is 13.4. The van der Waals surface area contributed by atoms with E-state index in [4.69, 9.17) is 16.3 Å². The Labute approximate surface area is 129 Å². The minimum absolute atomic E-state index is 0.221. The fraction of sp³-hybridized carbons (Fsp3) is 0.143. The molecule has 1 aromatic carbocycles.